The van der Waals surface area contributed by atoms with E-state index < -0.39 is 5.60 Å². The minimum atomic E-state index is -0.917. The molecule has 0 atom stereocenters. The summed E-state index contributed by atoms with van der Waals surface area (Å²) in [4.78, 5) is 21.2. The SMILES string of the molecule is CC(C)(O)c1ccc(-c2nc(NCCCNC3Cc4ccccc4C3)n3[nH]c(=O)cc3n2)cc1. The lowest BCUT2D eigenvalue weighted by Crippen LogP contribution is -2.31. The van der Waals surface area contributed by atoms with Gasteiger partial charge in [-0.3, -0.25) is 9.89 Å². The molecule has 0 fully saturated rings. The van der Waals surface area contributed by atoms with Gasteiger partial charge in [0, 0.05) is 24.2 Å². The highest BCUT2D eigenvalue weighted by atomic mass is 16.3. The number of nitrogens with one attached hydrogen (secondary N) is 3. The van der Waals surface area contributed by atoms with Crippen LogP contribution in [0.2, 0.25) is 0 Å². The summed E-state index contributed by atoms with van der Waals surface area (Å²) in [6.07, 6.45) is 3.08. The Balaban J connectivity index is 1.24. The van der Waals surface area contributed by atoms with Crippen LogP contribution in [0.4, 0.5) is 5.95 Å². The molecule has 176 valence electrons. The van der Waals surface area contributed by atoms with Crippen LogP contribution < -0.4 is 16.2 Å². The normalized spacial score (nSPS) is 14.0. The lowest BCUT2D eigenvalue weighted by Gasteiger charge is -2.17. The molecule has 0 spiro atoms. The first-order chi connectivity index (χ1) is 16.4. The lowest BCUT2D eigenvalue weighted by molar-refractivity contribution is 0.0786. The van der Waals surface area contributed by atoms with Crippen LogP contribution in [0.1, 0.15) is 37.0 Å². The van der Waals surface area contributed by atoms with Gasteiger partial charge in [-0.25, -0.2) is 9.50 Å². The maximum atomic E-state index is 12.0. The first-order valence-corrected chi connectivity index (χ1v) is 11.7. The van der Waals surface area contributed by atoms with Crippen LogP contribution in [0, 0.1) is 0 Å². The molecule has 0 amide bonds. The van der Waals surface area contributed by atoms with Crippen molar-refractivity contribution in [3.63, 3.8) is 0 Å². The van der Waals surface area contributed by atoms with Gasteiger partial charge in [0.2, 0.25) is 5.95 Å². The van der Waals surface area contributed by atoms with Crippen molar-refractivity contribution in [1.29, 1.82) is 0 Å². The van der Waals surface area contributed by atoms with Gasteiger partial charge < -0.3 is 15.7 Å². The van der Waals surface area contributed by atoms with Gasteiger partial charge in [0.1, 0.15) is 0 Å². The molecule has 1 aliphatic carbocycles. The number of aromatic amines is 1. The average Bonchev–Trinajstić information content (AvgIpc) is 3.40. The van der Waals surface area contributed by atoms with Crippen molar-refractivity contribution in [1.82, 2.24) is 24.9 Å². The predicted molar refractivity (Wildman–Crippen MR) is 133 cm³/mol. The number of H-pyrrole nitrogens is 1. The second kappa shape index (κ2) is 9.04. The van der Waals surface area contributed by atoms with Crippen molar-refractivity contribution in [2.24, 2.45) is 0 Å². The van der Waals surface area contributed by atoms with Crippen LogP contribution in [0.15, 0.2) is 59.4 Å². The highest BCUT2D eigenvalue weighted by Crippen LogP contribution is 2.24. The fourth-order valence-corrected chi connectivity index (χ4v) is 4.48. The third kappa shape index (κ3) is 4.73. The van der Waals surface area contributed by atoms with E-state index in [4.69, 9.17) is 0 Å². The minimum absolute atomic E-state index is 0.227. The van der Waals surface area contributed by atoms with Gasteiger partial charge >= 0.3 is 0 Å². The molecule has 2 heterocycles. The van der Waals surface area contributed by atoms with E-state index in [-0.39, 0.29) is 5.56 Å². The number of aromatic nitrogens is 4. The maximum absolute atomic E-state index is 12.0. The van der Waals surface area contributed by atoms with E-state index in [0.717, 1.165) is 36.9 Å². The molecular formula is C26H30N6O2. The Hall–Kier alpha value is -3.49. The summed E-state index contributed by atoms with van der Waals surface area (Å²) in [5, 5.41) is 20.0. The number of anilines is 1. The van der Waals surface area contributed by atoms with Crippen LogP contribution in [0.25, 0.3) is 17.0 Å². The third-order valence-electron chi connectivity index (χ3n) is 6.33. The first-order valence-electron chi connectivity index (χ1n) is 11.7. The molecule has 4 N–H and O–H groups in total. The summed E-state index contributed by atoms with van der Waals surface area (Å²) in [7, 11) is 0. The number of benzene rings is 2. The molecule has 5 rings (SSSR count). The fourth-order valence-electron chi connectivity index (χ4n) is 4.48. The Labute approximate surface area is 198 Å². The van der Waals surface area contributed by atoms with Gasteiger partial charge in [-0.05, 0) is 56.3 Å². The first kappa shape index (κ1) is 22.3. The topological polar surface area (TPSA) is 107 Å². The van der Waals surface area contributed by atoms with Crippen LogP contribution in [0.5, 0.6) is 0 Å². The smallest absolute Gasteiger partial charge is 0.266 e. The number of rotatable bonds is 8. The summed E-state index contributed by atoms with van der Waals surface area (Å²) in [6.45, 7) is 5.10. The summed E-state index contributed by atoms with van der Waals surface area (Å²) in [5.74, 6) is 1.06. The van der Waals surface area contributed by atoms with Crippen molar-refractivity contribution < 1.29 is 5.11 Å². The zero-order chi connectivity index (χ0) is 23.7. The molecule has 0 aliphatic heterocycles. The number of aliphatic hydroxyl groups is 1. The van der Waals surface area contributed by atoms with Crippen LogP contribution in [-0.2, 0) is 18.4 Å². The van der Waals surface area contributed by atoms with Crippen LogP contribution in [-0.4, -0.2) is 43.8 Å². The number of fused-ring (bicyclic) bond motifs is 2. The van der Waals surface area contributed by atoms with Gasteiger partial charge in [0.05, 0.1) is 5.60 Å². The van der Waals surface area contributed by atoms with Gasteiger partial charge in [-0.2, -0.15) is 4.98 Å². The van der Waals surface area contributed by atoms with Crippen molar-refractivity contribution in [2.75, 3.05) is 18.4 Å². The van der Waals surface area contributed by atoms with E-state index in [0.29, 0.717) is 30.0 Å². The number of hydrogen-bond donors (Lipinski definition) is 4. The molecule has 2 aromatic carbocycles. The van der Waals surface area contributed by atoms with E-state index in [9.17, 15) is 9.90 Å². The van der Waals surface area contributed by atoms with Crippen molar-refractivity contribution >= 4 is 11.6 Å². The quantitative estimate of drug-likeness (QED) is 0.303. The summed E-state index contributed by atoms with van der Waals surface area (Å²) < 4.78 is 1.58. The fraction of sp³-hybridized carbons (Fsp3) is 0.346. The van der Waals surface area contributed by atoms with Crippen molar-refractivity contribution in [2.45, 2.75) is 44.8 Å². The lowest BCUT2D eigenvalue weighted by atomic mass is 9.97. The highest BCUT2D eigenvalue weighted by Gasteiger charge is 2.20. The van der Waals surface area contributed by atoms with Crippen molar-refractivity contribution in [3.05, 3.63) is 81.6 Å². The van der Waals surface area contributed by atoms with Crippen molar-refractivity contribution in [3.8, 4) is 11.4 Å². The molecule has 0 unspecified atom stereocenters. The largest absolute Gasteiger partial charge is 0.386 e. The molecule has 0 radical (unpaired) electrons. The predicted octanol–water partition coefficient (Wildman–Crippen LogP) is 2.87. The Kier molecular flexibility index (Phi) is 5.93. The molecule has 8 nitrogen and oxygen atoms in total. The van der Waals surface area contributed by atoms with Crippen LogP contribution in [0.3, 0.4) is 0 Å². The Morgan fingerprint density at radius 3 is 2.44 bits per heavy atom. The van der Waals surface area contributed by atoms with E-state index in [2.05, 4.69) is 50.0 Å². The van der Waals surface area contributed by atoms with E-state index in [1.54, 1.807) is 18.4 Å². The second-order valence-electron chi connectivity index (χ2n) is 9.43. The van der Waals surface area contributed by atoms with E-state index in [1.165, 1.54) is 17.2 Å². The molecule has 2 aromatic heterocycles. The minimum Gasteiger partial charge on any atom is -0.386 e. The van der Waals surface area contributed by atoms with E-state index >= 15 is 0 Å². The second-order valence-corrected chi connectivity index (χ2v) is 9.43. The number of nitrogens with zero attached hydrogens (tertiary/aromatic N) is 3. The van der Waals surface area contributed by atoms with Gasteiger partial charge in [-0.1, -0.05) is 48.5 Å². The molecule has 0 bridgehead atoms. The molecule has 8 heteroatoms. The molecule has 34 heavy (non-hydrogen) atoms. The summed E-state index contributed by atoms with van der Waals surface area (Å²) in [5.41, 5.74) is 3.88. The summed E-state index contributed by atoms with van der Waals surface area (Å²) in [6, 6.07) is 18.1. The summed E-state index contributed by atoms with van der Waals surface area (Å²) >= 11 is 0. The molecule has 1 aliphatic rings. The van der Waals surface area contributed by atoms with E-state index in [1.807, 2.05) is 24.3 Å². The number of hydrogen-bond acceptors (Lipinski definition) is 6. The standard InChI is InChI=1S/C26H30N6O2/c1-26(2,34)20-10-8-17(9-11-20)24-29-22-16-23(33)31-32(22)25(30-24)28-13-5-12-27-21-14-18-6-3-4-7-19(18)15-21/h3-4,6-11,16,21,27,34H,5,12-15H2,1-2H3,(H,31,33)(H,28,29,30). The van der Waals surface area contributed by atoms with Gasteiger partial charge in [0.15, 0.2) is 11.5 Å². The molecule has 4 aromatic rings. The highest BCUT2D eigenvalue weighted by molar-refractivity contribution is 5.60. The monoisotopic (exact) mass is 458 g/mol. The molecule has 0 saturated carbocycles. The Morgan fingerprint density at radius 1 is 1.06 bits per heavy atom. The Morgan fingerprint density at radius 2 is 1.76 bits per heavy atom. The molecular weight excluding hydrogens is 428 g/mol. The average molecular weight is 459 g/mol. The third-order valence-corrected chi connectivity index (χ3v) is 6.33. The van der Waals surface area contributed by atoms with Gasteiger partial charge in [0.25, 0.3) is 5.56 Å². The van der Waals surface area contributed by atoms with Crippen LogP contribution >= 0.6 is 0 Å². The zero-order valence-corrected chi connectivity index (χ0v) is 19.5. The maximum Gasteiger partial charge on any atom is 0.266 e. The Bertz CT molecular complexity index is 1330. The molecule has 0 saturated heterocycles. The zero-order valence-electron chi connectivity index (χ0n) is 19.5. The van der Waals surface area contributed by atoms with Gasteiger partial charge in [-0.15, -0.1) is 0 Å².